The molecule has 0 heterocycles. The molecular weight excluding hydrogens is 488 g/mol. The van der Waals surface area contributed by atoms with Crippen LogP contribution in [0.2, 0.25) is 10.0 Å². The minimum atomic E-state index is -4.23. The van der Waals surface area contributed by atoms with E-state index in [9.17, 15) is 17.6 Å². The number of rotatable bonds is 8. The predicted molar refractivity (Wildman–Crippen MR) is 125 cm³/mol. The van der Waals surface area contributed by atoms with Crippen molar-refractivity contribution in [1.29, 1.82) is 0 Å². The van der Waals surface area contributed by atoms with E-state index in [2.05, 4.69) is 0 Å². The highest BCUT2D eigenvalue weighted by atomic mass is 35.5. The first-order valence-electron chi connectivity index (χ1n) is 10.3. The number of benzene rings is 3. The molecule has 33 heavy (non-hydrogen) atoms. The predicted octanol–water partition coefficient (Wildman–Crippen LogP) is 5.95. The fraction of sp³-hybridized carbons (Fsp3) is 0.208. The van der Waals surface area contributed by atoms with Gasteiger partial charge >= 0.3 is 10.1 Å². The first kappa shape index (κ1) is 23.5. The van der Waals surface area contributed by atoms with Crippen LogP contribution in [0.3, 0.4) is 0 Å². The molecule has 1 aliphatic carbocycles. The largest absolute Gasteiger partial charge is 0.379 e. The lowest BCUT2D eigenvalue weighted by Crippen LogP contribution is -2.33. The van der Waals surface area contributed by atoms with Gasteiger partial charge in [-0.25, -0.2) is 4.39 Å². The lowest BCUT2D eigenvalue weighted by atomic mass is 10.1. The molecule has 0 N–H and O–H groups in total. The minimum Gasteiger partial charge on any atom is -0.379 e. The molecule has 9 heteroatoms. The monoisotopic (exact) mass is 507 g/mol. The summed E-state index contributed by atoms with van der Waals surface area (Å²) in [6.45, 7) is 0.579. The summed E-state index contributed by atoms with van der Waals surface area (Å²) >= 11 is 12.4. The summed E-state index contributed by atoms with van der Waals surface area (Å²) in [5.41, 5.74) is 0.789. The SMILES string of the molecule is O=C(c1ccccc1Cl)N(Cc1cc(Cl)ccc1OS(=O)(=O)c1ccc(F)cc1)CC1CC1. The lowest BCUT2D eigenvalue weighted by molar-refractivity contribution is 0.0734. The van der Waals surface area contributed by atoms with E-state index in [1.54, 1.807) is 35.2 Å². The number of hydrogen-bond acceptors (Lipinski definition) is 4. The molecule has 4 rings (SSSR count). The highest BCUT2D eigenvalue weighted by molar-refractivity contribution is 7.87. The van der Waals surface area contributed by atoms with Gasteiger partial charge in [0.2, 0.25) is 0 Å². The maximum atomic E-state index is 13.3. The van der Waals surface area contributed by atoms with E-state index in [0.717, 1.165) is 37.1 Å². The topological polar surface area (TPSA) is 63.7 Å². The minimum absolute atomic E-state index is 0.0384. The van der Waals surface area contributed by atoms with Crippen LogP contribution in [0.4, 0.5) is 4.39 Å². The average molecular weight is 508 g/mol. The van der Waals surface area contributed by atoms with Crippen molar-refractivity contribution in [3.63, 3.8) is 0 Å². The number of carbonyl (C=O) groups excluding carboxylic acids is 1. The Hall–Kier alpha value is -2.61. The second-order valence-corrected chi connectivity index (χ2v) is 10.2. The number of halogens is 3. The van der Waals surface area contributed by atoms with Crippen LogP contribution in [0.25, 0.3) is 0 Å². The number of carbonyl (C=O) groups is 1. The van der Waals surface area contributed by atoms with Crippen molar-refractivity contribution in [2.45, 2.75) is 24.3 Å². The third kappa shape index (κ3) is 5.85. The van der Waals surface area contributed by atoms with E-state index in [0.29, 0.717) is 33.6 Å². The Morgan fingerprint density at radius 3 is 2.39 bits per heavy atom. The van der Waals surface area contributed by atoms with Crippen LogP contribution in [0.5, 0.6) is 5.75 Å². The van der Waals surface area contributed by atoms with Gasteiger partial charge in [0.25, 0.3) is 5.91 Å². The molecule has 1 aliphatic rings. The molecule has 0 aromatic heterocycles. The summed E-state index contributed by atoms with van der Waals surface area (Å²) in [4.78, 5) is 14.7. The van der Waals surface area contributed by atoms with E-state index in [1.807, 2.05) is 0 Å². The van der Waals surface area contributed by atoms with Crippen molar-refractivity contribution >= 4 is 39.2 Å². The van der Waals surface area contributed by atoms with E-state index in [-0.39, 0.29) is 23.1 Å². The molecule has 0 unspecified atom stereocenters. The van der Waals surface area contributed by atoms with E-state index in [1.165, 1.54) is 12.1 Å². The Morgan fingerprint density at radius 2 is 1.73 bits per heavy atom. The van der Waals surface area contributed by atoms with Crippen LogP contribution in [0.15, 0.2) is 71.6 Å². The number of nitrogens with zero attached hydrogens (tertiary/aromatic N) is 1. The Morgan fingerprint density at radius 1 is 1.03 bits per heavy atom. The average Bonchev–Trinajstić information content (AvgIpc) is 3.59. The molecule has 0 aliphatic heterocycles. The highest BCUT2D eigenvalue weighted by Crippen LogP contribution is 2.33. The van der Waals surface area contributed by atoms with Crippen molar-refractivity contribution in [3.05, 3.63) is 93.7 Å². The molecule has 3 aromatic rings. The van der Waals surface area contributed by atoms with Crippen molar-refractivity contribution in [3.8, 4) is 5.75 Å². The third-order valence-corrected chi connectivity index (χ3v) is 7.07. The zero-order chi connectivity index (χ0) is 23.6. The fourth-order valence-corrected chi connectivity index (χ4v) is 4.74. The van der Waals surface area contributed by atoms with E-state index in [4.69, 9.17) is 27.4 Å². The highest BCUT2D eigenvalue weighted by Gasteiger charge is 2.29. The van der Waals surface area contributed by atoms with Crippen LogP contribution in [-0.4, -0.2) is 25.8 Å². The van der Waals surface area contributed by atoms with E-state index < -0.39 is 15.9 Å². The Kier molecular flexibility index (Phi) is 6.93. The molecule has 1 amide bonds. The van der Waals surface area contributed by atoms with Crippen molar-refractivity contribution in [1.82, 2.24) is 4.90 Å². The fourth-order valence-electron chi connectivity index (χ4n) is 3.36. The normalized spacial score (nSPS) is 13.5. The van der Waals surface area contributed by atoms with E-state index >= 15 is 0 Å². The molecular formula is C24H20Cl2FNO4S. The standard InChI is InChI=1S/C24H20Cl2FNO4S/c25-18-7-12-23(32-33(30,31)20-10-8-19(27)9-11-20)17(13-18)15-28(14-16-5-6-16)24(29)21-3-1-2-4-22(21)26/h1-4,7-13,16H,5-6,14-15H2. The molecule has 0 atom stereocenters. The third-order valence-electron chi connectivity index (χ3n) is 5.25. The van der Waals surface area contributed by atoms with Crippen molar-refractivity contribution < 1.29 is 21.8 Å². The van der Waals surface area contributed by atoms with Gasteiger partial charge in [0, 0.05) is 23.7 Å². The van der Waals surface area contributed by atoms with Gasteiger partial charge in [-0.3, -0.25) is 4.79 Å². The van der Waals surface area contributed by atoms with Crippen LogP contribution in [0.1, 0.15) is 28.8 Å². The summed E-state index contributed by atoms with van der Waals surface area (Å²) < 4.78 is 44.1. The Labute approximate surface area is 201 Å². The molecule has 1 saturated carbocycles. The first-order chi connectivity index (χ1) is 15.7. The maximum Gasteiger partial charge on any atom is 0.339 e. The van der Waals surface area contributed by atoms with Crippen LogP contribution in [-0.2, 0) is 16.7 Å². The second kappa shape index (κ2) is 9.71. The smallest absolute Gasteiger partial charge is 0.339 e. The van der Waals surface area contributed by atoms with Crippen molar-refractivity contribution in [2.75, 3.05) is 6.54 Å². The number of hydrogen-bond donors (Lipinski definition) is 0. The van der Waals surface area contributed by atoms with Gasteiger partial charge in [-0.05, 0) is 73.4 Å². The molecule has 0 bridgehead atoms. The molecule has 0 radical (unpaired) electrons. The molecule has 1 fully saturated rings. The van der Waals surface area contributed by atoms with Gasteiger partial charge in [0.15, 0.2) is 0 Å². The van der Waals surface area contributed by atoms with Gasteiger partial charge < -0.3 is 9.08 Å². The number of amides is 1. The van der Waals surface area contributed by atoms with Crippen LogP contribution < -0.4 is 4.18 Å². The quantitative estimate of drug-likeness (QED) is 0.353. The summed E-state index contributed by atoms with van der Waals surface area (Å²) in [5.74, 6) is -0.408. The van der Waals surface area contributed by atoms with Crippen LogP contribution >= 0.6 is 23.2 Å². The van der Waals surface area contributed by atoms with Gasteiger partial charge in [-0.15, -0.1) is 0 Å². The first-order valence-corrected chi connectivity index (χ1v) is 12.4. The van der Waals surface area contributed by atoms with Crippen LogP contribution in [0, 0.1) is 11.7 Å². The summed E-state index contributed by atoms with van der Waals surface area (Å²) in [5, 5.41) is 0.706. The molecule has 0 spiro atoms. The van der Waals surface area contributed by atoms with Gasteiger partial charge in [0.05, 0.1) is 10.6 Å². The second-order valence-electron chi connectivity index (χ2n) is 7.85. The molecule has 0 saturated heterocycles. The molecule has 3 aromatic carbocycles. The van der Waals surface area contributed by atoms with Gasteiger partial charge in [-0.1, -0.05) is 35.3 Å². The van der Waals surface area contributed by atoms with Gasteiger partial charge in [-0.2, -0.15) is 8.42 Å². The van der Waals surface area contributed by atoms with Crippen molar-refractivity contribution in [2.24, 2.45) is 5.92 Å². The summed E-state index contributed by atoms with van der Waals surface area (Å²) in [7, 11) is -4.23. The van der Waals surface area contributed by atoms with Gasteiger partial charge in [0.1, 0.15) is 16.5 Å². The summed E-state index contributed by atoms with van der Waals surface area (Å²) in [6, 6.07) is 15.6. The lowest BCUT2D eigenvalue weighted by Gasteiger charge is -2.24. The Bertz CT molecular complexity index is 1280. The summed E-state index contributed by atoms with van der Waals surface area (Å²) in [6.07, 6.45) is 2.04. The maximum absolute atomic E-state index is 13.3. The molecule has 172 valence electrons. The Balaban J connectivity index is 1.64. The zero-order valence-corrected chi connectivity index (χ0v) is 19.7. The molecule has 5 nitrogen and oxygen atoms in total. The zero-order valence-electron chi connectivity index (χ0n) is 17.4.